The summed E-state index contributed by atoms with van der Waals surface area (Å²) in [5, 5.41) is 8.37. The lowest BCUT2D eigenvalue weighted by atomic mass is 10.0. The summed E-state index contributed by atoms with van der Waals surface area (Å²) in [7, 11) is 1.66. The van der Waals surface area contributed by atoms with E-state index in [2.05, 4.69) is 16.0 Å². The van der Waals surface area contributed by atoms with Gasteiger partial charge >= 0.3 is 0 Å². The number of amides is 4. The molecule has 2 atom stereocenters. The van der Waals surface area contributed by atoms with Gasteiger partial charge in [-0.2, -0.15) is 0 Å². The number of hydrogen-bond acceptors (Lipinski definition) is 6. The minimum atomic E-state index is -0.988. The highest BCUT2D eigenvalue weighted by atomic mass is 16.5. The number of likely N-dealkylation sites (N-methyl/N-ethyl adjacent to an activating group) is 1. The first-order chi connectivity index (χ1) is 19.1. The summed E-state index contributed by atoms with van der Waals surface area (Å²) in [6.07, 6.45) is 0.464. The lowest BCUT2D eigenvalue weighted by Crippen LogP contribution is -2.50. The van der Waals surface area contributed by atoms with Crippen molar-refractivity contribution >= 4 is 23.6 Å². The Morgan fingerprint density at radius 1 is 1.10 bits per heavy atom. The Morgan fingerprint density at radius 3 is 2.55 bits per heavy atom. The summed E-state index contributed by atoms with van der Waals surface area (Å²) in [6, 6.07) is 12.6. The SMILES string of the molecule is Cc1ccc(OCCNC(=O)[C@@H]2CCC(=O)N[C@H](CC(C)C)C(=O)N(C)CCOc3ccccc3C(=O)N2)cc1. The molecular weight excluding hydrogens is 512 g/mol. The molecule has 0 aromatic heterocycles. The largest absolute Gasteiger partial charge is 0.492 e. The van der Waals surface area contributed by atoms with Crippen LogP contribution in [-0.2, 0) is 14.4 Å². The molecule has 10 heteroatoms. The van der Waals surface area contributed by atoms with Crippen LogP contribution >= 0.6 is 0 Å². The summed E-state index contributed by atoms with van der Waals surface area (Å²) in [4.78, 5) is 53.8. The molecule has 2 aromatic carbocycles. The second-order valence-electron chi connectivity index (χ2n) is 10.4. The Kier molecular flexibility index (Phi) is 11.4. The van der Waals surface area contributed by atoms with Gasteiger partial charge in [-0.05, 0) is 49.9 Å². The van der Waals surface area contributed by atoms with Crippen molar-refractivity contribution in [3.05, 3.63) is 59.7 Å². The highest BCUT2D eigenvalue weighted by molar-refractivity contribution is 5.99. The number of carbonyl (C=O) groups excluding carboxylic acids is 4. The standard InChI is InChI=1S/C30H40N4O6/c1-20(2)19-25-30(38)34(4)16-18-40-26-8-6-5-7-23(26)28(36)33-24(13-14-27(35)32-25)29(37)31-15-17-39-22-11-9-21(3)10-12-22/h5-12,20,24-25H,13-19H2,1-4H3,(H,31,37)(H,32,35)(H,33,36)/t24-,25+/m0/s1. The Balaban J connectivity index is 1.74. The van der Waals surface area contributed by atoms with E-state index in [1.807, 2.05) is 45.0 Å². The highest BCUT2D eigenvalue weighted by Gasteiger charge is 2.28. The number of benzene rings is 2. The molecular formula is C30H40N4O6. The average Bonchev–Trinajstić information content (AvgIpc) is 2.93. The number of hydrogen-bond donors (Lipinski definition) is 3. The van der Waals surface area contributed by atoms with Crippen molar-refractivity contribution in [2.75, 3.05) is 33.4 Å². The van der Waals surface area contributed by atoms with Crippen molar-refractivity contribution < 1.29 is 28.7 Å². The quantitative estimate of drug-likeness (QED) is 0.453. The van der Waals surface area contributed by atoms with Gasteiger partial charge < -0.3 is 30.3 Å². The number of carbonyl (C=O) groups is 4. The zero-order chi connectivity index (χ0) is 29.1. The number of nitrogens with one attached hydrogen (secondary N) is 3. The van der Waals surface area contributed by atoms with E-state index in [9.17, 15) is 19.2 Å². The maximum Gasteiger partial charge on any atom is 0.255 e. The zero-order valence-corrected chi connectivity index (χ0v) is 23.7. The molecule has 0 spiro atoms. The van der Waals surface area contributed by atoms with Gasteiger partial charge in [-0.3, -0.25) is 19.2 Å². The van der Waals surface area contributed by atoms with Crippen molar-refractivity contribution in [3.8, 4) is 11.5 Å². The van der Waals surface area contributed by atoms with Gasteiger partial charge in [0.2, 0.25) is 17.7 Å². The fraction of sp³-hybridized carbons (Fsp3) is 0.467. The zero-order valence-electron chi connectivity index (χ0n) is 23.7. The van der Waals surface area contributed by atoms with Crippen molar-refractivity contribution in [1.29, 1.82) is 0 Å². The molecule has 0 bridgehead atoms. The van der Waals surface area contributed by atoms with Crippen LogP contribution in [0.15, 0.2) is 48.5 Å². The van der Waals surface area contributed by atoms with Crippen molar-refractivity contribution in [1.82, 2.24) is 20.9 Å². The van der Waals surface area contributed by atoms with Gasteiger partial charge in [-0.25, -0.2) is 0 Å². The smallest absolute Gasteiger partial charge is 0.255 e. The number of ether oxygens (including phenoxy) is 2. The van der Waals surface area contributed by atoms with Crippen LogP contribution in [0.3, 0.4) is 0 Å². The average molecular weight is 553 g/mol. The molecule has 216 valence electrons. The second kappa shape index (κ2) is 14.9. The first-order valence-corrected chi connectivity index (χ1v) is 13.7. The maximum atomic E-state index is 13.2. The van der Waals surface area contributed by atoms with Gasteiger partial charge in [-0.15, -0.1) is 0 Å². The van der Waals surface area contributed by atoms with Crippen LogP contribution in [-0.4, -0.2) is 74.0 Å². The van der Waals surface area contributed by atoms with Gasteiger partial charge in [0.1, 0.15) is 36.8 Å². The van der Waals surface area contributed by atoms with Crippen LogP contribution in [0, 0.1) is 12.8 Å². The molecule has 1 aliphatic rings. The van der Waals surface area contributed by atoms with Crippen molar-refractivity contribution in [2.24, 2.45) is 5.92 Å². The molecule has 40 heavy (non-hydrogen) atoms. The summed E-state index contributed by atoms with van der Waals surface area (Å²) >= 11 is 0. The van der Waals surface area contributed by atoms with Gasteiger partial charge in [0.15, 0.2) is 0 Å². The molecule has 3 N–H and O–H groups in total. The Hall–Kier alpha value is -4.08. The molecule has 3 rings (SSSR count). The Labute approximate surface area is 235 Å². The van der Waals surface area contributed by atoms with E-state index in [4.69, 9.17) is 9.47 Å². The van der Waals surface area contributed by atoms with E-state index in [-0.39, 0.29) is 62.4 Å². The first kappa shape index (κ1) is 30.5. The summed E-state index contributed by atoms with van der Waals surface area (Å²) in [6.45, 7) is 6.81. The first-order valence-electron chi connectivity index (χ1n) is 13.7. The number of para-hydroxylation sites is 1. The van der Waals surface area contributed by atoms with E-state index < -0.39 is 23.9 Å². The Bertz CT molecular complexity index is 1170. The highest BCUT2D eigenvalue weighted by Crippen LogP contribution is 2.19. The molecule has 2 aromatic rings. The second-order valence-corrected chi connectivity index (χ2v) is 10.4. The lowest BCUT2D eigenvalue weighted by Gasteiger charge is -2.26. The third-order valence-electron chi connectivity index (χ3n) is 6.51. The minimum absolute atomic E-state index is 0.0453. The van der Waals surface area contributed by atoms with Crippen LogP contribution < -0.4 is 25.4 Å². The molecule has 1 heterocycles. The number of fused-ring (bicyclic) bond motifs is 1. The molecule has 0 saturated heterocycles. The van der Waals surface area contributed by atoms with E-state index in [1.165, 1.54) is 4.90 Å². The summed E-state index contributed by atoms with van der Waals surface area (Å²) in [5.41, 5.74) is 1.37. The number of aryl methyl sites for hydroxylation is 1. The third kappa shape index (κ3) is 9.29. The molecule has 1 aliphatic heterocycles. The minimum Gasteiger partial charge on any atom is -0.492 e. The predicted octanol–water partition coefficient (Wildman–Crippen LogP) is 2.45. The van der Waals surface area contributed by atoms with E-state index in [0.717, 1.165) is 5.56 Å². The molecule has 0 saturated carbocycles. The molecule has 0 radical (unpaired) electrons. The van der Waals surface area contributed by atoms with Gasteiger partial charge in [0, 0.05) is 13.5 Å². The molecule has 0 aliphatic carbocycles. The molecule has 4 amide bonds. The van der Waals surface area contributed by atoms with Crippen molar-refractivity contribution in [3.63, 3.8) is 0 Å². The fourth-order valence-electron chi connectivity index (χ4n) is 4.29. The molecule has 0 unspecified atom stereocenters. The number of rotatable bonds is 7. The van der Waals surface area contributed by atoms with E-state index in [0.29, 0.717) is 17.9 Å². The van der Waals surface area contributed by atoms with Crippen LogP contribution in [0.25, 0.3) is 0 Å². The molecule has 10 nitrogen and oxygen atoms in total. The normalized spacial score (nSPS) is 18.9. The van der Waals surface area contributed by atoms with Crippen molar-refractivity contribution in [2.45, 2.75) is 52.1 Å². The fourth-order valence-corrected chi connectivity index (χ4v) is 4.29. The Morgan fingerprint density at radius 2 is 1.82 bits per heavy atom. The maximum absolute atomic E-state index is 13.2. The van der Waals surface area contributed by atoms with E-state index >= 15 is 0 Å². The van der Waals surface area contributed by atoms with Crippen LogP contribution in [0.2, 0.25) is 0 Å². The lowest BCUT2D eigenvalue weighted by molar-refractivity contribution is -0.136. The van der Waals surface area contributed by atoms with Gasteiger partial charge in [0.05, 0.1) is 18.7 Å². The number of nitrogens with zero attached hydrogens (tertiary/aromatic N) is 1. The van der Waals surface area contributed by atoms with E-state index in [1.54, 1.807) is 31.3 Å². The molecule has 0 fully saturated rings. The monoisotopic (exact) mass is 552 g/mol. The summed E-state index contributed by atoms with van der Waals surface area (Å²) in [5.74, 6) is -0.317. The van der Waals surface area contributed by atoms with Crippen LogP contribution in [0.5, 0.6) is 11.5 Å². The van der Waals surface area contributed by atoms with Gasteiger partial charge in [-0.1, -0.05) is 43.7 Å². The summed E-state index contributed by atoms with van der Waals surface area (Å²) < 4.78 is 11.5. The topological polar surface area (TPSA) is 126 Å². The van der Waals surface area contributed by atoms with Crippen LogP contribution in [0.4, 0.5) is 0 Å². The predicted molar refractivity (Wildman–Crippen MR) is 151 cm³/mol. The third-order valence-corrected chi connectivity index (χ3v) is 6.51. The van der Waals surface area contributed by atoms with Crippen LogP contribution in [0.1, 0.15) is 49.0 Å². The van der Waals surface area contributed by atoms with Gasteiger partial charge in [0.25, 0.3) is 5.91 Å².